The summed E-state index contributed by atoms with van der Waals surface area (Å²) in [6.07, 6.45) is 0.712. The van der Waals surface area contributed by atoms with E-state index in [4.69, 9.17) is 0 Å². The van der Waals surface area contributed by atoms with Crippen LogP contribution in [0.5, 0.6) is 0 Å². The van der Waals surface area contributed by atoms with Gasteiger partial charge in [-0.15, -0.1) is 3.89 Å². The van der Waals surface area contributed by atoms with Crippen molar-refractivity contribution in [2.45, 2.75) is 0 Å². The highest BCUT2D eigenvalue weighted by molar-refractivity contribution is 7.89. The Morgan fingerprint density at radius 1 is 1.21 bits per heavy atom. The molecule has 76 valence electrons. The maximum absolute atomic E-state index is 12.8. The van der Waals surface area contributed by atoms with Crippen LogP contribution in [-0.4, -0.2) is 8.42 Å². The van der Waals surface area contributed by atoms with Gasteiger partial charge in [-0.25, -0.2) is 8.78 Å². The third-order valence-electron chi connectivity index (χ3n) is 1.37. The minimum Gasteiger partial charge on any atom is -0.207 e. The largest absolute Gasteiger partial charge is 0.325 e. The van der Waals surface area contributed by atoms with Crippen LogP contribution in [0.3, 0.4) is 0 Å². The second kappa shape index (κ2) is 3.83. The standard InChI is InChI=1S/C8H5F3O2S/c9-7-2-1-6(8(10)5-7)3-4-14(11,12)13/h1-5H/b4-3+. The summed E-state index contributed by atoms with van der Waals surface area (Å²) in [7, 11) is -4.79. The summed E-state index contributed by atoms with van der Waals surface area (Å²) in [6, 6.07) is 2.52. The van der Waals surface area contributed by atoms with Gasteiger partial charge in [0, 0.05) is 11.6 Å². The summed E-state index contributed by atoms with van der Waals surface area (Å²) in [6.45, 7) is 0. The maximum Gasteiger partial charge on any atom is 0.325 e. The zero-order valence-corrected chi connectivity index (χ0v) is 7.56. The van der Waals surface area contributed by atoms with E-state index < -0.39 is 21.9 Å². The van der Waals surface area contributed by atoms with Crippen LogP contribution in [0.25, 0.3) is 6.08 Å². The van der Waals surface area contributed by atoms with Crippen molar-refractivity contribution in [1.82, 2.24) is 0 Å². The van der Waals surface area contributed by atoms with Crippen molar-refractivity contribution in [1.29, 1.82) is 0 Å². The van der Waals surface area contributed by atoms with Crippen molar-refractivity contribution in [3.05, 3.63) is 40.8 Å². The monoisotopic (exact) mass is 222 g/mol. The molecule has 0 N–H and O–H groups in total. The molecule has 0 aliphatic rings. The highest BCUT2D eigenvalue weighted by Gasteiger charge is 2.03. The fourth-order valence-electron chi connectivity index (χ4n) is 0.791. The zero-order valence-electron chi connectivity index (χ0n) is 6.75. The Hall–Kier alpha value is -1.30. The summed E-state index contributed by atoms with van der Waals surface area (Å²) in [5, 5.41) is 0.198. The van der Waals surface area contributed by atoms with Crippen LogP contribution in [-0.2, 0) is 10.2 Å². The summed E-state index contributed by atoms with van der Waals surface area (Å²) < 4.78 is 57.2. The number of hydrogen-bond acceptors (Lipinski definition) is 2. The molecule has 0 spiro atoms. The van der Waals surface area contributed by atoms with Gasteiger partial charge in [0.2, 0.25) is 0 Å². The van der Waals surface area contributed by atoms with Gasteiger partial charge in [0.15, 0.2) is 0 Å². The average molecular weight is 222 g/mol. The lowest BCUT2D eigenvalue weighted by molar-refractivity contribution is 0.563. The van der Waals surface area contributed by atoms with E-state index in [1.54, 1.807) is 0 Å². The molecular weight excluding hydrogens is 217 g/mol. The van der Waals surface area contributed by atoms with Crippen LogP contribution in [0.1, 0.15) is 5.56 Å². The summed E-state index contributed by atoms with van der Waals surface area (Å²) >= 11 is 0. The molecule has 0 heterocycles. The lowest BCUT2D eigenvalue weighted by Gasteiger charge is -1.95. The Bertz CT molecular complexity index is 465. The van der Waals surface area contributed by atoms with Crippen LogP contribution in [0.4, 0.5) is 12.7 Å². The SMILES string of the molecule is O=S(=O)(F)/C=C/c1ccc(F)cc1F. The Morgan fingerprint density at radius 2 is 1.86 bits per heavy atom. The summed E-state index contributed by atoms with van der Waals surface area (Å²) in [5.41, 5.74) is -0.201. The molecule has 0 radical (unpaired) electrons. The molecule has 0 saturated heterocycles. The van der Waals surface area contributed by atoms with Gasteiger partial charge in [0.05, 0.1) is 5.41 Å². The maximum atomic E-state index is 12.8. The first-order valence-electron chi connectivity index (χ1n) is 3.46. The number of hydrogen-bond donors (Lipinski definition) is 0. The van der Waals surface area contributed by atoms with Crippen LogP contribution < -0.4 is 0 Å². The molecule has 0 fully saturated rings. The van der Waals surface area contributed by atoms with Crippen LogP contribution >= 0.6 is 0 Å². The van der Waals surface area contributed by atoms with Crippen LogP contribution in [0.15, 0.2) is 23.6 Å². The van der Waals surface area contributed by atoms with E-state index >= 15 is 0 Å². The van der Waals surface area contributed by atoms with Gasteiger partial charge >= 0.3 is 10.2 Å². The van der Waals surface area contributed by atoms with Crippen molar-refractivity contribution in [3.63, 3.8) is 0 Å². The summed E-state index contributed by atoms with van der Waals surface area (Å²) in [4.78, 5) is 0. The normalized spacial score (nSPS) is 12.2. The molecule has 0 bridgehead atoms. The molecule has 14 heavy (non-hydrogen) atoms. The Kier molecular flexibility index (Phi) is 2.95. The first-order chi connectivity index (χ1) is 6.38. The topological polar surface area (TPSA) is 34.1 Å². The Morgan fingerprint density at radius 3 is 2.36 bits per heavy atom. The lowest BCUT2D eigenvalue weighted by Crippen LogP contribution is -1.86. The van der Waals surface area contributed by atoms with Gasteiger partial charge in [0.25, 0.3) is 0 Å². The second-order valence-corrected chi connectivity index (χ2v) is 3.67. The molecule has 0 aliphatic carbocycles. The third-order valence-corrected chi connectivity index (χ3v) is 1.83. The van der Waals surface area contributed by atoms with Crippen molar-refractivity contribution in [2.24, 2.45) is 0 Å². The minimum atomic E-state index is -4.79. The smallest absolute Gasteiger partial charge is 0.207 e. The van der Waals surface area contributed by atoms with Gasteiger partial charge in [0.1, 0.15) is 11.6 Å². The van der Waals surface area contributed by atoms with E-state index in [1.807, 2.05) is 0 Å². The Labute approximate surface area is 78.9 Å². The van der Waals surface area contributed by atoms with Gasteiger partial charge in [-0.1, -0.05) is 0 Å². The number of benzene rings is 1. The molecule has 0 atom stereocenters. The molecule has 1 aromatic carbocycles. The molecule has 0 aromatic heterocycles. The molecule has 0 aliphatic heterocycles. The highest BCUT2D eigenvalue weighted by Crippen LogP contribution is 2.12. The molecule has 0 amide bonds. The first-order valence-corrected chi connectivity index (χ1v) is 4.91. The number of rotatable bonds is 2. The molecular formula is C8H5F3O2S. The van der Waals surface area contributed by atoms with E-state index in [9.17, 15) is 21.1 Å². The third kappa shape index (κ3) is 3.21. The molecule has 1 aromatic rings. The van der Waals surface area contributed by atoms with Crippen molar-refractivity contribution in [3.8, 4) is 0 Å². The minimum absolute atomic E-state index is 0.198. The average Bonchev–Trinajstić information content (AvgIpc) is 2.00. The molecule has 0 unspecified atom stereocenters. The second-order valence-electron chi connectivity index (χ2n) is 2.44. The van der Waals surface area contributed by atoms with Gasteiger partial charge in [-0.3, -0.25) is 0 Å². The highest BCUT2D eigenvalue weighted by atomic mass is 32.3. The van der Waals surface area contributed by atoms with Gasteiger partial charge in [-0.2, -0.15) is 8.42 Å². The molecule has 2 nitrogen and oxygen atoms in total. The van der Waals surface area contributed by atoms with E-state index in [1.165, 1.54) is 0 Å². The Balaban J connectivity index is 3.05. The zero-order chi connectivity index (χ0) is 10.8. The number of halogens is 3. The lowest BCUT2D eigenvalue weighted by atomic mass is 10.2. The van der Waals surface area contributed by atoms with E-state index in [2.05, 4.69) is 0 Å². The fraction of sp³-hybridized carbons (Fsp3) is 0. The van der Waals surface area contributed by atoms with E-state index in [0.29, 0.717) is 12.1 Å². The van der Waals surface area contributed by atoms with Gasteiger partial charge < -0.3 is 0 Å². The van der Waals surface area contributed by atoms with Crippen molar-refractivity contribution >= 4 is 16.3 Å². The molecule has 1 rings (SSSR count). The molecule has 6 heteroatoms. The van der Waals surface area contributed by atoms with E-state index in [-0.39, 0.29) is 11.0 Å². The first kappa shape index (κ1) is 10.8. The van der Waals surface area contributed by atoms with Crippen LogP contribution in [0, 0.1) is 11.6 Å². The van der Waals surface area contributed by atoms with Crippen molar-refractivity contribution < 1.29 is 21.1 Å². The van der Waals surface area contributed by atoms with Crippen LogP contribution in [0.2, 0.25) is 0 Å². The summed E-state index contributed by atoms with van der Waals surface area (Å²) in [5.74, 6) is -1.74. The predicted molar refractivity (Wildman–Crippen MR) is 45.4 cm³/mol. The quantitative estimate of drug-likeness (QED) is 0.719. The van der Waals surface area contributed by atoms with Gasteiger partial charge in [-0.05, 0) is 18.2 Å². The van der Waals surface area contributed by atoms with Crippen molar-refractivity contribution in [2.75, 3.05) is 0 Å². The predicted octanol–water partition coefficient (Wildman–Crippen LogP) is 2.23. The fourth-order valence-corrected chi connectivity index (χ4v) is 1.10. The van der Waals surface area contributed by atoms with E-state index in [0.717, 1.165) is 12.1 Å². The molecule has 0 saturated carbocycles.